The molecule has 1 N–H and O–H groups in total. The minimum Gasteiger partial charge on any atom is -0.337 e. The summed E-state index contributed by atoms with van der Waals surface area (Å²) in [5, 5.41) is 0. The van der Waals surface area contributed by atoms with Crippen LogP contribution in [-0.2, 0) is 16.6 Å². The predicted octanol–water partition coefficient (Wildman–Crippen LogP) is 4.35. The van der Waals surface area contributed by atoms with E-state index in [1.54, 1.807) is 26.1 Å². The first-order valence-electron chi connectivity index (χ1n) is 9.05. The molecule has 0 aliphatic heterocycles. The highest BCUT2D eigenvalue weighted by Crippen LogP contribution is 2.22. The summed E-state index contributed by atoms with van der Waals surface area (Å²) in [6, 6.07) is 15.4. The van der Waals surface area contributed by atoms with Crippen molar-refractivity contribution >= 4 is 21.6 Å². The number of halogens is 2. The smallest absolute Gasteiger partial charge is 0.262 e. The lowest BCUT2D eigenvalue weighted by molar-refractivity contribution is 0.0784. The van der Waals surface area contributed by atoms with E-state index in [1.807, 2.05) is 0 Å². The fourth-order valence-electron chi connectivity index (χ4n) is 2.93. The van der Waals surface area contributed by atoms with E-state index in [9.17, 15) is 22.0 Å². The summed E-state index contributed by atoms with van der Waals surface area (Å²) in [7, 11) is -2.56. The van der Waals surface area contributed by atoms with Gasteiger partial charge in [0, 0.05) is 19.2 Å². The molecule has 1 amide bonds. The minimum atomic E-state index is -4.11. The first kappa shape index (κ1) is 21.4. The third-order valence-electron chi connectivity index (χ3n) is 4.52. The van der Waals surface area contributed by atoms with Crippen molar-refractivity contribution in [2.75, 3.05) is 11.8 Å². The highest BCUT2D eigenvalue weighted by Gasteiger charge is 2.21. The summed E-state index contributed by atoms with van der Waals surface area (Å²) in [4.78, 5) is 14.1. The number of amides is 1. The van der Waals surface area contributed by atoms with Crippen LogP contribution >= 0.6 is 0 Å². The molecule has 30 heavy (non-hydrogen) atoms. The van der Waals surface area contributed by atoms with Crippen LogP contribution in [0.3, 0.4) is 0 Å². The highest BCUT2D eigenvalue weighted by atomic mass is 32.2. The molecule has 0 fully saturated rings. The van der Waals surface area contributed by atoms with Gasteiger partial charge in [0.1, 0.15) is 11.6 Å². The van der Waals surface area contributed by atoms with Gasteiger partial charge in [-0.2, -0.15) is 0 Å². The Morgan fingerprint density at radius 3 is 2.43 bits per heavy atom. The Morgan fingerprint density at radius 2 is 1.73 bits per heavy atom. The standard InChI is InChI=1S/C22H20F2N2O3S/c1-15-10-11-18(30(28,29)25-21-9-4-3-8-20(21)24)13-19(15)22(27)26(2)14-16-6-5-7-17(23)12-16/h3-13,25H,14H2,1-2H3. The van der Waals surface area contributed by atoms with Gasteiger partial charge >= 0.3 is 0 Å². The number of nitrogens with one attached hydrogen (secondary N) is 1. The molecule has 0 saturated heterocycles. The summed E-state index contributed by atoms with van der Waals surface area (Å²) in [6.45, 7) is 1.84. The van der Waals surface area contributed by atoms with Gasteiger partial charge < -0.3 is 4.90 Å². The molecule has 0 radical (unpaired) electrons. The van der Waals surface area contributed by atoms with Gasteiger partial charge in [-0.1, -0.05) is 30.3 Å². The van der Waals surface area contributed by atoms with Crippen molar-refractivity contribution in [1.29, 1.82) is 0 Å². The summed E-state index contributed by atoms with van der Waals surface area (Å²) in [6.07, 6.45) is 0. The van der Waals surface area contributed by atoms with Crippen LogP contribution in [0, 0.1) is 18.6 Å². The molecule has 0 aliphatic rings. The maximum atomic E-state index is 13.8. The lowest BCUT2D eigenvalue weighted by Gasteiger charge is -2.19. The molecule has 0 aliphatic carbocycles. The van der Waals surface area contributed by atoms with Crippen molar-refractivity contribution in [2.24, 2.45) is 0 Å². The van der Waals surface area contributed by atoms with Gasteiger partial charge in [0.15, 0.2) is 0 Å². The number of rotatable bonds is 6. The van der Waals surface area contributed by atoms with Gasteiger partial charge in [0.2, 0.25) is 0 Å². The van der Waals surface area contributed by atoms with Crippen molar-refractivity contribution in [2.45, 2.75) is 18.4 Å². The zero-order valence-corrected chi connectivity index (χ0v) is 17.2. The zero-order chi connectivity index (χ0) is 21.9. The molecule has 0 saturated carbocycles. The third kappa shape index (κ3) is 4.83. The molecule has 8 heteroatoms. The number of anilines is 1. The highest BCUT2D eigenvalue weighted by molar-refractivity contribution is 7.92. The Morgan fingerprint density at radius 1 is 1.00 bits per heavy atom. The molecular weight excluding hydrogens is 410 g/mol. The fourth-order valence-corrected chi connectivity index (χ4v) is 4.03. The molecule has 0 aromatic heterocycles. The van der Waals surface area contributed by atoms with Crippen LogP contribution in [0.2, 0.25) is 0 Å². The Balaban J connectivity index is 1.87. The Labute approximate surface area is 174 Å². The number of sulfonamides is 1. The van der Waals surface area contributed by atoms with E-state index >= 15 is 0 Å². The van der Waals surface area contributed by atoms with Crippen LogP contribution in [0.25, 0.3) is 0 Å². The summed E-state index contributed by atoms with van der Waals surface area (Å²) in [5.74, 6) is -1.53. The quantitative estimate of drug-likeness (QED) is 0.632. The van der Waals surface area contributed by atoms with Gasteiger partial charge in [-0.25, -0.2) is 17.2 Å². The Kier molecular flexibility index (Phi) is 6.17. The van der Waals surface area contributed by atoms with Crippen LogP contribution < -0.4 is 4.72 Å². The third-order valence-corrected chi connectivity index (χ3v) is 5.89. The van der Waals surface area contributed by atoms with Crippen LogP contribution in [-0.4, -0.2) is 26.3 Å². The van der Waals surface area contributed by atoms with E-state index in [-0.39, 0.29) is 22.7 Å². The summed E-state index contributed by atoms with van der Waals surface area (Å²) in [5.41, 5.74) is 1.18. The topological polar surface area (TPSA) is 66.5 Å². The van der Waals surface area contributed by atoms with Crippen molar-refractivity contribution in [1.82, 2.24) is 4.90 Å². The number of hydrogen-bond acceptors (Lipinski definition) is 3. The molecule has 156 valence electrons. The molecule has 3 aromatic carbocycles. The molecule has 0 spiro atoms. The van der Waals surface area contributed by atoms with E-state index in [4.69, 9.17) is 0 Å². The second-order valence-electron chi connectivity index (χ2n) is 6.85. The van der Waals surface area contributed by atoms with Crippen LogP contribution in [0.1, 0.15) is 21.5 Å². The lowest BCUT2D eigenvalue weighted by Crippen LogP contribution is -2.27. The van der Waals surface area contributed by atoms with Crippen molar-refractivity contribution < 1.29 is 22.0 Å². The summed E-state index contributed by atoms with van der Waals surface area (Å²) >= 11 is 0. The number of nitrogens with zero attached hydrogens (tertiary/aromatic N) is 1. The molecule has 3 rings (SSSR count). The average Bonchev–Trinajstić information content (AvgIpc) is 2.69. The maximum Gasteiger partial charge on any atom is 0.262 e. The number of carbonyl (C=O) groups is 1. The first-order chi connectivity index (χ1) is 14.2. The number of para-hydroxylation sites is 1. The molecular formula is C22H20F2N2O3S. The molecule has 3 aromatic rings. The average molecular weight is 430 g/mol. The number of hydrogen-bond donors (Lipinski definition) is 1. The van der Waals surface area contributed by atoms with Gasteiger partial charge in [0.05, 0.1) is 10.6 Å². The monoisotopic (exact) mass is 430 g/mol. The van der Waals surface area contributed by atoms with Crippen molar-refractivity contribution in [3.63, 3.8) is 0 Å². The normalized spacial score (nSPS) is 11.2. The molecule has 0 bridgehead atoms. The van der Waals surface area contributed by atoms with E-state index in [1.165, 1.54) is 53.4 Å². The van der Waals surface area contributed by atoms with Gasteiger partial charge in [-0.15, -0.1) is 0 Å². The van der Waals surface area contributed by atoms with E-state index in [0.29, 0.717) is 11.1 Å². The fraction of sp³-hybridized carbons (Fsp3) is 0.136. The van der Waals surface area contributed by atoms with E-state index in [2.05, 4.69) is 4.72 Å². The molecule has 0 heterocycles. The van der Waals surface area contributed by atoms with Crippen LogP contribution in [0.15, 0.2) is 71.6 Å². The van der Waals surface area contributed by atoms with Crippen LogP contribution in [0.5, 0.6) is 0 Å². The van der Waals surface area contributed by atoms with Gasteiger partial charge in [0.25, 0.3) is 15.9 Å². The Hall–Kier alpha value is -3.26. The van der Waals surface area contributed by atoms with Crippen molar-refractivity contribution in [3.8, 4) is 0 Å². The number of aryl methyl sites for hydroxylation is 1. The van der Waals surface area contributed by atoms with Gasteiger partial charge in [-0.3, -0.25) is 9.52 Å². The van der Waals surface area contributed by atoms with E-state index < -0.39 is 27.6 Å². The maximum absolute atomic E-state index is 13.8. The molecule has 0 atom stereocenters. The number of carbonyl (C=O) groups excluding carboxylic acids is 1. The first-order valence-corrected chi connectivity index (χ1v) is 10.5. The zero-order valence-electron chi connectivity index (χ0n) is 16.4. The lowest BCUT2D eigenvalue weighted by atomic mass is 10.1. The van der Waals surface area contributed by atoms with E-state index in [0.717, 1.165) is 6.07 Å². The predicted molar refractivity (Wildman–Crippen MR) is 111 cm³/mol. The Bertz CT molecular complexity index is 1200. The second-order valence-corrected chi connectivity index (χ2v) is 8.54. The number of benzene rings is 3. The van der Waals surface area contributed by atoms with Crippen molar-refractivity contribution in [3.05, 3.63) is 95.1 Å². The minimum absolute atomic E-state index is 0.153. The van der Waals surface area contributed by atoms with Crippen LogP contribution in [0.4, 0.5) is 14.5 Å². The molecule has 0 unspecified atom stereocenters. The largest absolute Gasteiger partial charge is 0.337 e. The SMILES string of the molecule is Cc1ccc(S(=O)(=O)Nc2ccccc2F)cc1C(=O)N(C)Cc1cccc(F)c1. The second kappa shape index (κ2) is 8.62. The molecule has 5 nitrogen and oxygen atoms in total. The van der Waals surface area contributed by atoms with Gasteiger partial charge in [-0.05, 0) is 54.4 Å². The summed E-state index contributed by atoms with van der Waals surface area (Å²) < 4.78 is 54.8.